The van der Waals surface area contributed by atoms with Crippen LogP contribution in [0.25, 0.3) is 43.8 Å². The second-order valence-corrected chi connectivity index (χ2v) is 10.8. The van der Waals surface area contributed by atoms with Crippen LogP contribution in [0.4, 0.5) is 5.69 Å². The quantitative estimate of drug-likeness (QED) is 0.165. The molecule has 5 nitrogen and oxygen atoms in total. The summed E-state index contributed by atoms with van der Waals surface area (Å²) in [6.07, 6.45) is 4.26. The number of hydrogen-bond donors (Lipinski definition) is 1. The Labute approximate surface area is 227 Å². The largest absolute Gasteiger partial charge is 0.478 e. The van der Waals surface area contributed by atoms with Crippen molar-refractivity contribution >= 4 is 44.4 Å². The lowest BCUT2D eigenvalue weighted by atomic mass is 9.86. The average molecular weight is 518 g/mol. The molecular weight excluding hydrogens is 484 g/mol. The molecule has 0 radical (unpaired) electrons. The number of carbonyl (C=O) groups is 1. The van der Waals surface area contributed by atoms with Crippen molar-refractivity contribution in [1.29, 1.82) is 0 Å². The molecule has 2 aliphatic heterocycles. The van der Waals surface area contributed by atoms with Gasteiger partial charge in [-0.3, -0.25) is 0 Å². The number of aromatic carboxylic acids is 1. The molecule has 0 aliphatic carbocycles. The Morgan fingerprint density at radius 3 is 2.46 bits per heavy atom. The SMILES string of the molecule is CC[N+](CC)=c1ccc2c(ccc3c(-c4ccccc4C(=O)O)c4cc5c6c(c4oc32)CCCN6CCC5)c1. The molecular formula is C34H33N2O3+. The molecule has 196 valence electrons. The van der Waals surface area contributed by atoms with Gasteiger partial charge in [0, 0.05) is 58.2 Å². The van der Waals surface area contributed by atoms with Crippen LogP contribution in [0, 0.1) is 0 Å². The van der Waals surface area contributed by atoms with Crippen molar-refractivity contribution in [2.24, 2.45) is 0 Å². The van der Waals surface area contributed by atoms with E-state index in [4.69, 9.17) is 4.42 Å². The second-order valence-electron chi connectivity index (χ2n) is 10.8. The number of aryl methyl sites for hydroxylation is 2. The van der Waals surface area contributed by atoms with Gasteiger partial charge in [0.1, 0.15) is 24.3 Å². The van der Waals surface area contributed by atoms with Crippen LogP contribution in [-0.4, -0.2) is 37.3 Å². The number of rotatable bonds is 4. The van der Waals surface area contributed by atoms with E-state index in [1.54, 1.807) is 12.1 Å². The van der Waals surface area contributed by atoms with E-state index >= 15 is 0 Å². The van der Waals surface area contributed by atoms with Crippen LogP contribution in [0.5, 0.6) is 0 Å². The maximum Gasteiger partial charge on any atom is 0.336 e. The fraction of sp³-hybridized carbons (Fsp3) is 0.294. The van der Waals surface area contributed by atoms with Crippen molar-refractivity contribution in [3.63, 3.8) is 0 Å². The predicted octanol–water partition coefficient (Wildman–Crippen LogP) is 6.62. The summed E-state index contributed by atoms with van der Waals surface area (Å²) in [5.74, 6) is -0.914. The summed E-state index contributed by atoms with van der Waals surface area (Å²) in [6.45, 7) is 8.43. The third-order valence-electron chi connectivity index (χ3n) is 8.72. The van der Waals surface area contributed by atoms with E-state index in [9.17, 15) is 9.90 Å². The number of benzene rings is 4. The minimum absolute atomic E-state index is 0.316. The van der Waals surface area contributed by atoms with Crippen LogP contribution in [0.2, 0.25) is 0 Å². The molecule has 5 heteroatoms. The second kappa shape index (κ2) is 9.26. The lowest BCUT2D eigenvalue weighted by molar-refractivity contribution is 0.0697. The zero-order valence-corrected chi connectivity index (χ0v) is 22.6. The van der Waals surface area contributed by atoms with Crippen molar-refractivity contribution in [3.05, 3.63) is 82.7 Å². The van der Waals surface area contributed by atoms with E-state index in [0.717, 1.165) is 95.7 Å². The van der Waals surface area contributed by atoms with Crippen molar-refractivity contribution in [2.45, 2.75) is 39.5 Å². The van der Waals surface area contributed by atoms with Crippen LogP contribution in [-0.2, 0) is 12.8 Å². The minimum atomic E-state index is -0.914. The number of hydrogen-bond acceptors (Lipinski definition) is 3. The highest BCUT2D eigenvalue weighted by Gasteiger charge is 2.29. The summed E-state index contributed by atoms with van der Waals surface area (Å²) < 4.78 is 9.31. The van der Waals surface area contributed by atoms with Gasteiger partial charge in [0.05, 0.1) is 5.56 Å². The molecule has 7 rings (SSSR count). The van der Waals surface area contributed by atoms with E-state index in [0.29, 0.717) is 5.56 Å². The van der Waals surface area contributed by atoms with E-state index in [1.807, 2.05) is 12.1 Å². The van der Waals surface area contributed by atoms with Crippen LogP contribution < -0.4 is 14.8 Å². The van der Waals surface area contributed by atoms with Crippen LogP contribution in [0.1, 0.15) is 48.2 Å². The first-order chi connectivity index (χ1) is 19.1. The summed E-state index contributed by atoms with van der Waals surface area (Å²) in [4.78, 5) is 14.9. The molecule has 0 saturated carbocycles. The van der Waals surface area contributed by atoms with E-state index < -0.39 is 5.97 Å². The highest BCUT2D eigenvalue weighted by atomic mass is 16.4. The Bertz CT molecular complexity index is 1870. The van der Waals surface area contributed by atoms with Gasteiger partial charge in [0.25, 0.3) is 0 Å². The van der Waals surface area contributed by atoms with Gasteiger partial charge >= 0.3 is 5.97 Å². The van der Waals surface area contributed by atoms with Crippen molar-refractivity contribution in [2.75, 3.05) is 31.1 Å². The zero-order valence-electron chi connectivity index (χ0n) is 22.6. The molecule has 0 fully saturated rings. The van der Waals surface area contributed by atoms with Crippen LogP contribution >= 0.6 is 0 Å². The Morgan fingerprint density at radius 1 is 0.897 bits per heavy atom. The van der Waals surface area contributed by atoms with E-state index in [1.165, 1.54) is 22.2 Å². The van der Waals surface area contributed by atoms with Gasteiger partial charge in [-0.1, -0.05) is 24.3 Å². The van der Waals surface area contributed by atoms with Gasteiger partial charge in [-0.15, -0.1) is 0 Å². The molecule has 0 bridgehead atoms. The van der Waals surface area contributed by atoms with Gasteiger partial charge in [-0.2, -0.15) is 0 Å². The molecule has 0 amide bonds. The number of anilines is 1. The first-order valence-corrected chi connectivity index (χ1v) is 14.2. The Balaban J connectivity index is 1.67. The van der Waals surface area contributed by atoms with Crippen molar-refractivity contribution in [3.8, 4) is 11.1 Å². The maximum atomic E-state index is 12.4. The van der Waals surface area contributed by atoms with Gasteiger partial charge in [-0.05, 0) is 80.3 Å². The lowest BCUT2D eigenvalue weighted by Gasteiger charge is -2.37. The summed E-state index contributed by atoms with van der Waals surface area (Å²) >= 11 is 0. The van der Waals surface area contributed by atoms with Crippen molar-refractivity contribution < 1.29 is 14.3 Å². The van der Waals surface area contributed by atoms with Crippen LogP contribution in [0.3, 0.4) is 0 Å². The lowest BCUT2D eigenvalue weighted by Crippen LogP contribution is -2.34. The smallest absolute Gasteiger partial charge is 0.336 e. The minimum Gasteiger partial charge on any atom is -0.478 e. The first kappa shape index (κ1) is 24.0. The average Bonchev–Trinajstić information content (AvgIpc) is 2.97. The van der Waals surface area contributed by atoms with Crippen molar-refractivity contribution in [1.82, 2.24) is 4.58 Å². The van der Waals surface area contributed by atoms with E-state index in [-0.39, 0.29) is 0 Å². The Morgan fingerprint density at radius 2 is 1.67 bits per heavy atom. The summed E-state index contributed by atoms with van der Waals surface area (Å²) in [7, 11) is 0. The van der Waals surface area contributed by atoms with Gasteiger partial charge in [-0.25, -0.2) is 9.37 Å². The Kier molecular flexibility index (Phi) is 5.69. The Hall–Kier alpha value is -4.12. The molecule has 39 heavy (non-hydrogen) atoms. The third-order valence-corrected chi connectivity index (χ3v) is 8.72. The van der Waals surface area contributed by atoms with Crippen LogP contribution in [0.15, 0.2) is 65.1 Å². The molecule has 0 unspecified atom stereocenters. The molecule has 3 heterocycles. The zero-order chi connectivity index (χ0) is 26.7. The fourth-order valence-corrected chi connectivity index (χ4v) is 6.94. The van der Waals surface area contributed by atoms with Gasteiger partial charge in [0.15, 0.2) is 0 Å². The molecule has 0 saturated heterocycles. The molecule has 0 spiro atoms. The first-order valence-electron chi connectivity index (χ1n) is 14.2. The number of fused-ring (bicyclic) bond motifs is 5. The molecule has 5 aromatic rings. The predicted molar refractivity (Wildman–Crippen MR) is 159 cm³/mol. The monoisotopic (exact) mass is 517 g/mol. The highest BCUT2D eigenvalue weighted by molar-refractivity contribution is 6.18. The fourth-order valence-electron chi connectivity index (χ4n) is 6.94. The number of carboxylic acids is 1. The molecule has 1 aromatic heterocycles. The molecule has 0 atom stereocenters. The maximum absolute atomic E-state index is 12.4. The van der Waals surface area contributed by atoms with Gasteiger partial charge < -0.3 is 14.4 Å². The number of carboxylic acid groups (broad SMARTS) is 1. The number of nitrogens with zero attached hydrogens (tertiary/aromatic N) is 2. The topological polar surface area (TPSA) is 56.7 Å². The molecule has 4 aromatic carbocycles. The molecule has 1 N–H and O–H groups in total. The summed E-state index contributed by atoms with van der Waals surface area (Å²) in [5, 5.41) is 15.5. The summed E-state index contributed by atoms with van der Waals surface area (Å²) in [5.41, 5.74) is 7.74. The van der Waals surface area contributed by atoms with E-state index in [2.05, 4.69) is 59.7 Å². The summed E-state index contributed by atoms with van der Waals surface area (Å²) in [6, 6.07) is 20.6. The standard InChI is InChI=1S/C34H32N2O3/c1-3-35(4-2)23-14-16-24-21(19-23)13-15-27-30(25-10-5-6-11-26(25)34(37)38)29-20-22-9-7-17-36-18-8-12-28(31(22)36)33(29)39-32(24)27/h5-6,10-11,13-16,19-20H,3-4,7-9,12,17-18H2,1-2H3/p+1. The molecule has 2 aliphatic rings. The van der Waals surface area contributed by atoms with Gasteiger partial charge in [0.2, 0.25) is 5.36 Å². The third kappa shape index (κ3) is 3.67. The normalized spacial score (nSPS) is 14.7. The highest BCUT2D eigenvalue weighted by Crippen LogP contribution is 2.46.